The summed E-state index contributed by atoms with van der Waals surface area (Å²) >= 11 is 0. The summed E-state index contributed by atoms with van der Waals surface area (Å²) in [5, 5.41) is 2.15. The second-order valence-corrected chi connectivity index (χ2v) is 3.98. The summed E-state index contributed by atoms with van der Waals surface area (Å²) in [4.78, 5) is 15.6. The first-order chi connectivity index (χ1) is 8.72. The number of rotatable bonds is 3. The Morgan fingerprint density at radius 1 is 1.37 bits per heavy atom. The van der Waals surface area contributed by atoms with Crippen LogP contribution in [-0.2, 0) is 9.53 Å². The summed E-state index contributed by atoms with van der Waals surface area (Å²) < 4.78 is 4.92. The van der Waals surface area contributed by atoms with Gasteiger partial charge in [-0.15, -0.1) is 12.4 Å². The van der Waals surface area contributed by atoms with Crippen molar-refractivity contribution in [2.24, 2.45) is 0 Å². The minimum Gasteiger partial charge on any atom is -0.463 e. The van der Waals surface area contributed by atoms with Crippen LogP contribution in [0.2, 0.25) is 0 Å². The molecular weight excluding hydrogens is 262 g/mol. The fraction of sp³-hybridized carbons (Fsp3) is 0.200. The van der Waals surface area contributed by atoms with Gasteiger partial charge in [0.1, 0.15) is 0 Å². The van der Waals surface area contributed by atoms with Gasteiger partial charge in [-0.3, -0.25) is 4.98 Å². The van der Waals surface area contributed by atoms with Crippen molar-refractivity contribution in [3.8, 4) is 0 Å². The Bertz CT molecular complexity index is 603. The molecule has 19 heavy (non-hydrogen) atoms. The van der Waals surface area contributed by atoms with Gasteiger partial charge in [0.05, 0.1) is 6.61 Å². The van der Waals surface area contributed by atoms with Gasteiger partial charge in [0.25, 0.3) is 0 Å². The molecule has 0 saturated carbocycles. The van der Waals surface area contributed by atoms with E-state index in [1.807, 2.05) is 37.4 Å². The predicted octanol–water partition coefficient (Wildman–Crippen LogP) is 3.62. The Morgan fingerprint density at radius 3 is 2.89 bits per heavy atom. The Hall–Kier alpha value is -1.87. The molecule has 0 spiro atoms. The third kappa shape index (κ3) is 3.55. The van der Waals surface area contributed by atoms with Gasteiger partial charge in [-0.2, -0.15) is 0 Å². The smallest absolute Gasteiger partial charge is 0.331 e. The molecule has 0 bridgehead atoms. The van der Waals surface area contributed by atoms with Crippen LogP contribution in [0.25, 0.3) is 16.3 Å². The van der Waals surface area contributed by atoms with Crippen LogP contribution >= 0.6 is 12.4 Å². The molecular formula is C15H16ClNO2. The molecule has 1 aromatic heterocycles. The molecule has 1 heterocycles. The number of carbonyl (C=O) groups excluding carboxylic acids is 1. The maximum atomic E-state index is 11.4. The largest absolute Gasteiger partial charge is 0.463 e. The first kappa shape index (κ1) is 15.2. The minimum absolute atomic E-state index is 0. The number of nitrogens with zero attached hydrogens (tertiary/aromatic N) is 1. The molecule has 0 amide bonds. The summed E-state index contributed by atoms with van der Waals surface area (Å²) in [6.07, 6.45) is 5.09. The zero-order valence-electron chi connectivity index (χ0n) is 10.9. The first-order valence-corrected chi connectivity index (χ1v) is 5.90. The molecule has 2 aromatic rings. The van der Waals surface area contributed by atoms with Crippen LogP contribution in [0.1, 0.15) is 19.4 Å². The Balaban J connectivity index is 0.00000180. The van der Waals surface area contributed by atoms with Crippen LogP contribution in [0.4, 0.5) is 0 Å². The average Bonchev–Trinajstić information content (AvgIpc) is 2.38. The normalized spacial score (nSPS) is 10.9. The number of ether oxygens (including phenoxy) is 1. The standard InChI is InChI=1S/C15H15NO2.ClH/c1-3-18-15(17)9-11(2)13-6-4-5-12-7-8-16-10-14(12)13;/h4-10H,3H2,1-2H3;1H/b11-9-;. The lowest BCUT2D eigenvalue weighted by Gasteiger charge is -2.06. The molecule has 0 atom stereocenters. The van der Waals surface area contributed by atoms with Gasteiger partial charge < -0.3 is 4.74 Å². The maximum Gasteiger partial charge on any atom is 0.331 e. The van der Waals surface area contributed by atoms with Crippen LogP contribution in [0, 0.1) is 0 Å². The summed E-state index contributed by atoms with van der Waals surface area (Å²) in [5.41, 5.74) is 1.89. The van der Waals surface area contributed by atoms with Gasteiger partial charge in [-0.25, -0.2) is 4.79 Å². The summed E-state index contributed by atoms with van der Waals surface area (Å²) in [5.74, 6) is -0.309. The Kier molecular flexibility index (Phi) is 5.52. The van der Waals surface area contributed by atoms with E-state index >= 15 is 0 Å². The summed E-state index contributed by atoms with van der Waals surface area (Å²) in [6, 6.07) is 7.93. The molecule has 0 N–H and O–H groups in total. The third-order valence-corrected chi connectivity index (χ3v) is 2.73. The number of hydrogen-bond acceptors (Lipinski definition) is 3. The van der Waals surface area contributed by atoms with Gasteiger partial charge >= 0.3 is 5.97 Å². The minimum atomic E-state index is -0.309. The topological polar surface area (TPSA) is 39.2 Å². The zero-order chi connectivity index (χ0) is 13.0. The Labute approximate surface area is 118 Å². The van der Waals surface area contributed by atoms with Crippen molar-refractivity contribution < 1.29 is 9.53 Å². The van der Waals surface area contributed by atoms with Gasteiger partial charge in [0.2, 0.25) is 0 Å². The van der Waals surface area contributed by atoms with E-state index in [1.54, 1.807) is 13.1 Å². The van der Waals surface area contributed by atoms with E-state index in [1.165, 1.54) is 6.08 Å². The van der Waals surface area contributed by atoms with Crippen LogP contribution in [0.15, 0.2) is 42.7 Å². The summed E-state index contributed by atoms with van der Waals surface area (Å²) in [6.45, 7) is 4.08. The number of benzene rings is 1. The van der Waals surface area contributed by atoms with Crippen LogP contribution < -0.4 is 0 Å². The second kappa shape index (κ2) is 6.90. The number of allylic oxidation sites excluding steroid dienone is 1. The maximum absolute atomic E-state index is 11.4. The highest BCUT2D eigenvalue weighted by molar-refractivity contribution is 5.98. The number of fused-ring (bicyclic) bond motifs is 1. The highest BCUT2D eigenvalue weighted by Crippen LogP contribution is 2.23. The van der Waals surface area contributed by atoms with E-state index < -0.39 is 0 Å². The lowest BCUT2D eigenvalue weighted by atomic mass is 10.0. The van der Waals surface area contributed by atoms with Gasteiger partial charge in [0, 0.05) is 23.9 Å². The lowest BCUT2D eigenvalue weighted by molar-refractivity contribution is -0.137. The molecule has 0 aliphatic heterocycles. The van der Waals surface area contributed by atoms with Crippen molar-refractivity contribution in [3.63, 3.8) is 0 Å². The molecule has 2 rings (SSSR count). The third-order valence-electron chi connectivity index (χ3n) is 2.73. The lowest BCUT2D eigenvalue weighted by Crippen LogP contribution is -2.00. The molecule has 1 aromatic carbocycles. The summed E-state index contributed by atoms with van der Waals surface area (Å²) in [7, 11) is 0. The van der Waals surface area contributed by atoms with E-state index in [0.717, 1.165) is 21.9 Å². The predicted molar refractivity (Wildman–Crippen MR) is 79.3 cm³/mol. The van der Waals surface area contributed by atoms with Gasteiger partial charge in [-0.1, -0.05) is 18.2 Å². The van der Waals surface area contributed by atoms with Crippen LogP contribution in [-0.4, -0.2) is 17.6 Å². The molecule has 3 nitrogen and oxygen atoms in total. The number of pyridine rings is 1. The van der Waals surface area contributed by atoms with E-state index in [0.29, 0.717) is 6.61 Å². The van der Waals surface area contributed by atoms with Crippen LogP contribution in [0.5, 0.6) is 0 Å². The fourth-order valence-corrected chi connectivity index (χ4v) is 1.90. The first-order valence-electron chi connectivity index (χ1n) is 5.90. The van der Waals surface area contributed by atoms with E-state index in [4.69, 9.17) is 4.74 Å². The number of aromatic nitrogens is 1. The molecule has 0 saturated heterocycles. The Morgan fingerprint density at radius 2 is 2.16 bits per heavy atom. The molecule has 100 valence electrons. The van der Waals surface area contributed by atoms with Crippen molar-refractivity contribution in [2.45, 2.75) is 13.8 Å². The van der Waals surface area contributed by atoms with Crippen molar-refractivity contribution in [3.05, 3.63) is 48.3 Å². The monoisotopic (exact) mass is 277 g/mol. The molecule has 0 aliphatic rings. The van der Waals surface area contributed by atoms with E-state index in [9.17, 15) is 4.79 Å². The molecule has 4 heteroatoms. The fourth-order valence-electron chi connectivity index (χ4n) is 1.90. The highest BCUT2D eigenvalue weighted by atomic mass is 35.5. The number of hydrogen-bond donors (Lipinski definition) is 0. The van der Waals surface area contributed by atoms with Crippen molar-refractivity contribution >= 4 is 34.7 Å². The number of halogens is 1. The van der Waals surface area contributed by atoms with Crippen molar-refractivity contribution in [1.29, 1.82) is 0 Å². The van der Waals surface area contributed by atoms with Crippen LogP contribution in [0.3, 0.4) is 0 Å². The van der Waals surface area contributed by atoms with Gasteiger partial charge in [0.15, 0.2) is 0 Å². The van der Waals surface area contributed by atoms with Crippen molar-refractivity contribution in [2.75, 3.05) is 6.61 Å². The second-order valence-electron chi connectivity index (χ2n) is 3.98. The zero-order valence-corrected chi connectivity index (χ0v) is 11.7. The van der Waals surface area contributed by atoms with Gasteiger partial charge in [-0.05, 0) is 36.4 Å². The van der Waals surface area contributed by atoms with Crippen molar-refractivity contribution in [1.82, 2.24) is 4.98 Å². The molecule has 0 fully saturated rings. The van der Waals surface area contributed by atoms with E-state index in [2.05, 4.69) is 4.98 Å². The molecule has 0 aliphatic carbocycles. The SMILES string of the molecule is CCOC(=O)/C=C(/C)c1cccc2ccncc12.Cl. The molecule has 0 radical (unpaired) electrons. The highest BCUT2D eigenvalue weighted by Gasteiger charge is 2.05. The quantitative estimate of drug-likeness (QED) is 0.635. The number of esters is 1. The number of carbonyl (C=O) groups is 1. The average molecular weight is 278 g/mol. The molecule has 0 unspecified atom stereocenters. The van der Waals surface area contributed by atoms with E-state index in [-0.39, 0.29) is 18.4 Å².